The summed E-state index contributed by atoms with van der Waals surface area (Å²) in [6, 6.07) is 15.3. The van der Waals surface area contributed by atoms with Gasteiger partial charge in [0.2, 0.25) is 5.69 Å². The summed E-state index contributed by atoms with van der Waals surface area (Å²) in [5.74, 6) is 1.00. The van der Waals surface area contributed by atoms with Gasteiger partial charge in [-0.3, -0.25) is 0 Å². The smallest absolute Gasteiger partial charge is 0.188 e. The molecule has 0 amide bonds. The Morgan fingerprint density at radius 3 is 2.68 bits per heavy atom. The van der Waals surface area contributed by atoms with Crippen molar-refractivity contribution in [3.05, 3.63) is 59.2 Å². The summed E-state index contributed by atoms with van der Waals surface area (Å²) in [5.41, 5.74) is 6.16. The molecule has 1 nitrogen and oxygen atoms in total. The lowest BCUT2D eigenvalue weighted by Crippen LogP contribution is -2.27. The van der Waals surface area contributed by atoms with Crippen LogP contribution in [0.25, 0.3) is 0 Å². The minimum Gasteiger partial charge on any atom is -0.188 e. The van der Waals surface area contributed by atoms with E-state index in [0.29, 0.717) is 5.41 Å². The fraction of sp³-hybridized carbons (Fsp3) is 0.350. The molecule has 0 bridgehead atoms. The number of thioether (sulfide) groups is 1. The van der Waals surface area contributed by atoms with E-state index in [0.717, 1.165) is 5.88 Å². The van der Waals surface area contributed by atoms with Crippen LogP contribution < -0.4 is 0 Å². The molecule has 0 saturated carbocycles. The largest absolute Gasteiger partial charge is 0.205 e. The highest BCUT2D eigenvalue weighted by molar-refractivity contribution is 7.99. The first kappa shape index (κ1) is 14.1. The quantitative estimate of drug-likeness (QED) is 0.660. The van der Waals surface area contributed by atoms with Crippen LogP contribution in [0.2, 0.25) is 0 Å². The first-order chi connectivity index (χ1) is 10.6. The second kappa shape index (κ2) is 5.27. The van der Waals surface area contributed by atoms with E-state index in [4.69, 9.17) is 0 Å². The molecule has 0 saturated heterocycles. The molecule has 0 aromatic heterocycles. The summed E-state index contributed by atoms with van der Waals surface area (Å²) < 4.78 is 2.36. The maximum absolute atomic E-state index is 2.41. The Balaban J connectivity index is 1.83. The van der Waals surface area contributed by atoms with Gasteiger partial charge in [-0.2, -0.15) is 4.58 Å². The second-order valence-corrected chi connectivity index (χ2v) is 7.92. The SMILES string of the molecule is CC1(C)CCCc2ccc3c(c21)SC[N+](c1ccccc1)=C3. The van der Waals surface area contributed by atoms with Gasteiger partial charge in [0, 0.05) is 17.0 Å². The Morgan fingerprint density at radius 2 is 1.86 bits per heavy atom. The molecule has 0 N–H and O–H groups in total. The average molecular weight is 308 g/mol. The Hall–Kier alpha value is -1.54. The van der Waals surface area contributed by atoms with Crippen LogP contribution in [-0.2, 0) is 11.8 Å². The van der Waals surface area contributed by atoms with Crippen molar-refractivity contribution in [2.24, 2.45) is 0 Å². The van der Waals surface area contributed by atoms with E-state index in [2.05, 4.69) is 67.1 Å². The van der Waals surface area contributed by atoms with Gasteiger partial charge in [-0.25, -0.2) is 0 Å². The van der Waals surface area contributed by atoms with E-state index in [1.165, 1.54) is 35.4 Å². The zero-order valence-electron chi connectivity index (χ0n) is 13.3. The highest BCUT2D eigenvalue weighted by Crippen LogP contribution is 2.44. The summed E-state index contributed by atoms with van der Waals surface area (Å²) >= 11 is 2.00. The molecule has 1 aliphatic carbocycles. The van der Waals surface area contributed by atoms with Gasteiger partial charge in [-0.1, -0.05) is 49.9 Å². The zero-order chi connectivity index (χ0) is 15.2. The molecule has 2 aliphatic rings. The average Bonchev–Trinajstić information content (AvgIpc) is 2.54. The van der Waals surface area contributed by atoms with Crippen molar-refractivity contribution in [3.63, 3.8) is 0 Å². The molecule has 2 aromatic rings. The topological polar surface area (TPSA) is 3.01 Å². The number of aryl methyl sites for hydroxylation is 1. The highest BCUT2D eigenvalue weighted by atomic mass is 32.2. The second-order valence-electron chi connectivity index (χ2n) is 6.96. The van der Waals surface area contributed by atoms with Gasteiger partial charge >= 0.3 is 0 Å². The standard InChI is InChI=1S/C20H22NS/c1-20(2)12-6-7-15-10-11-16-13-21(14-22-19(16)18(15)20)17-8-4-3-5-9-17/h3-5,8-11,13H,6-7,12,14H2,1-2H3/q+1. The van der Waals surface area contributed by atoms with Gasteiger partial charge in [0.1, 0.15) is 0 Å². The predicted molar refractivity (Wildman–Crippen MR) is 94.7 cm³/mol. The Labute approximate surface area is 137 Å². The van der Waals surface area contributed by atoms with Gasteiger partial charge < -0.3 is 0 Å². The Bertz CT molecular complexity index is 744. The number of hydrogen-bond acceptors (Lipinski definition) is 1. The molecule has 112 valence electrons. The maximum Gasteiger partial charge on any atom is 0.205 e. The van der Waals surface area contributed by atoms with Crippen LogP contribution in [0.4, 0.5) is 5.69 Å². The van der Waals surface area contributed by atoms with Crippen molar-refractivity contribution in [1.82, 2.24) is 0 Å². The van der Waals surface area contributed by atoms with Crippen LogP contribution in [0.15, 0.2) is 47.4 Å². The van der Waals surface area contributed by atoms with Gasteiger partial charge in [0.15, 0.2) is 12.1 Å². The van der Waals surface area contributed by atoms with Crippen molar-refractivity contribution in [2.45, 2.75) is 43.4 Å². The summed E-state index contributed by atoms with van der Waals surface area (Å²) in [4.78, 5) is 1.52. The number of rotatable bonds is 1. The van der Waals surface area contributed by atoms with E-state index in [1.807, 2.05) is 11.8 Å². The van der Waals surface area contributed by atoms with E-state index < -0.39 is 0 Å². The first-order valence-electron chi connectivity index (χ1n) is 8.11. The number of benzene rings is 2. The van der Waals surface area contributed by atoms with Gasteiger partial charge in [-0.15, -0.1) is 0 Å². The van der Waals surface area contributed by atoms with Crippen LogP contribution in [0, 0.1) is 0 Å². The van der Waals surface area contributed by atoms with E-state index in [1.54, 1.807) is 11.1 Å². The number of fused-ring (bicyclic) bond motifs is 3. The van der Waals surface area contributed by atoms with E-state index in [-0.39, 0.29) is 0 Å². The molecule has 0 fully saturated rings. The minimum absolute atomic E-state index is 0.314. The van der Waals surface area contributed by atoms with Crippen molar-refractivity contribution in [2.75, 3.05) is 5.88 Å². The van der Waals surface area contributed by atoms with Crippen LogP contribution in [0.3, 0.4) is 0 Å². The third kappa shape index (κ3) is 2.30. The Kier molecular flexibility index (Phi) is 3.37. The van der Waals surface area contributed by atoms with Crippen LogP contribution in [0.5, 0.6) is 0 Å². The maximum atomic E-state index is 2.41. The lowest BCUT2D eigenvalue weighted by molar-refractivity contribution is -0.411. The summed E-state index contributed by atoms with van der Waals surface area (Å²) in [5, 5.41) is 0. The molecule has 0 unspecified atom stereocenters. The molecule has 1 aliphatic heterocycles. The lowest BCUT2D eigenvalue weighted by atomic mass is 9.72. The lowest BCUT2D eigenvalue weighted by Gasteiger charge is -2.35. The van der Waals surface area contributed by atoms with Crippen molar-refractivity contribution in [1.29, 1.82) is 0 Å². The highest BCUT2D eigenvalue weighted by Gasteiger charge is 2.33. The van der Waals surface area contributed by atoms with Crippen molar-refractivity contribution >= 4 is 23.7 Å². The molecular formula is C20H22NS+. The summed E-state index contributed by atoms with van der Waals surface area (Å²) in [7, 11) is 0. The molecular weight excluding hydrogens is 286 g/mol. The normalized spacial score (nSPS) is 19.1. The zero-order valence-corrected chi connectivity index (χ0v) is 14.1. The van der Waals surface area contributed by atoms with Crippen LogP contribution in [-0.4, -0.2) is 16.7 Å². The van der Waals surface area contributed by atoms with Gasteiger partial charge in [0.05, 0.1) is 5.56 Å². The van der Waals surface area contributed by atoms with Crippen LogP contribution in [0.1, 0.15) is 43.4 Å². The number of nitrogens with zero attached hydrogens (tertiary/aromatic N) is 1. The fourth-order valence-corrected chi connectivity index (χ4v) is 5.13. The monoisotopic (exact) mass is 308 g/mol. The fourth-order valence-electron chi connectivity index (χ4n) is 3.80. The molecule has 4 rings (SSSR count). The van der Waals surface area contributed by atoms with E-state index >= 15 is 0 Å². The third-order valence-electron chi connectivity index (χ3n) is 4.93. The van der Waals surface area contributed by atoms with Crippen molar-refractivity contribution in [3.8, 4) is 0 Å². The molecule has 2 heteroatoms. The van der Waals surface area contributed by atoms with Gasteiger partial charge in [0.25, 0.3) is 0 Å². The molecule has 1 heterocycles. The molecule has 22 heavy (non-hydrogen) atoms. The van der Waals surface area contributed by atoms with Crippen LogP contribution >= 0.6 is 11.8 Å². The summed E-state index contributed by atoms with van der Waals surface area (Å²) in [6.45, 7) is 4.82. The third-order valence-corrected chi connectivity index (χ3v) is 6.07. The molecule has 0 atom stereocenters. The van der Waals surface area contributed by atoms with Crippen molar-refractivity contribution < 1.29 is 4.58 Å². The Morgan fingerprint density at radius 1 is 1.05 bits per heavy atom. The van der Waals surface area contributed by atoms with E-state index in [9.17, 15) is 0 Å². The minimum atomic E-state index is 0.314. The van der Waals surface area contributed by atoms with Gasteiger partial charge in [-0.05, 0) is 41.9 Å². The first-order valence-corrected chi connectivity index (χ1v) is 9.09. The summed E-state index contributed by atoms with van der Waals surface area (Å²) in [6.07, 6.45) is 6.20. The molecule has 2 aromatic carbocycles. The molecule has 0 radical (unpaired) electrons. The predicted octanol–water partition coefficient (Wildman–Crippen LogP) is 5.13. The number of para-hydroxylation sites is 1. The number of hydrogen-bond donors (Lipinski definition) is 0. The molecule has 0 spiro atoms.